The molecule has 0 radical (unpaired) electrons. The number of halogens is 1. The lowest BCUT2D eigenvalue weighted by Crippen LogP contribution is -2.41. The maximum absolute atomic E-state index is 11.9. The van der Waals surface area contributed by atoms with E-state index in [1.54, 1.807) is 0 Å². The summed E-state index contributed by atoms with van der Waals surface area (Å²) < 4.78 is 0.920. The minimum Gasteiger partial charge on any atom is -0.324 e. The van der Waals surface area contributed by atoms with Crippen molar-refractivity contribution in [2.45, 2.75) is 40.2 Å². The molecule has 1 aromatic rings. The lowest BCUT2D eigenvalue weighted by atomic mass is 10.1. The molecule has 0 unspecified atom stereocenters. The lowest BCUT2D eigenvalue weighted by Gasteiger charge is -2.20. The fraction of sp³-hybridized carbons (Fsp3) is 0.500. The van der Waals surface area contributed by atoms with E-state index in [1.807, 2.05) is 40.7 Å². The summed E-state index contributed by atoms with van der Waals surface area (Å²) in [5, 5.41) is 6.09. The predicted octanol–water partition coefficient (Wildman–Crippen LogP) is 3.39. The van der Waals surface area contributed by atoms with Crippen molar-refractivity contribution in [2.75, 3.05) is 11.9 Å². The first-order valence-corrected chi connectivity index (χ1v) is 6.80. The molecule has 0 atom stereocenters. The quantitative estimate of drug-likeness (QED) is 0.898. The second-order valence-corrected chi connectivity index (χ2v) is 6.44. The molecule has 0 spiro atoms. The van der Waals surface area contributed by atoms with E-state index in [1.165, 1.54) is 5.56 Å². The first kappa shape index (κ1) is 15.2. The fourth-order valence-corrected chi connectivity index (χ4v) is 2.38. The first-order valence-electron chi connectivity index (χ1n) is 6.00. The first-order chi connectivity index (χ1) is 8.19. The molecule has 0 aliphatic rings. The van der Waals surface area contributed by atoms with Crippen molar-refractivity contribution in [1.82, 2.24) is 5.32 Å². The van der Waals surface area contributed by atoms with Crippen molar-refractivity contribution < 1.29 is 4.79 Å². The van der Waals surface area contributed by atoms with E-state index >= 15 is 0 Å². The van der Waals surface area contributed by atoms with Gasteiger partial charge >= 0.3 is 0 Å². The Morgan fingerprint density at radius 3 is 2.39 bits per heavy atom. The largest absolute Gasteiger partial charge is 0.324 e. The third-order valence-electron chi connectivity index (χ3n) is 2.48. The van der Waals surface area contributed by atoms with Gasteiger partial charge in [0.05, 0.1) is 12.2 Å². The normalized spacial score (nSPS) is 11.4. The third-order valence-corrected chi connectivity index (χ3v) is 3.10. The van der Waals surface area contributed by atoms with E-state index in [9.17, 15) is 4.79 Å². The van der Waals surface area contributed by atoms with Gasteiger partial charge in [0.15, 0.2) is 0 Å². The summed E-state index contributed by atoms with van der Waals surface area (Å²) in [7, 11) is 0. The van der Waals surface area contributed by atoms with Crippen molar-refractivity contribution in [2.24, 2.45) is 0 Å². The standard InChI is InChI=1S/C14H21BrN2O/c1-9-6-10(2)13(11(15)7-9)17-12(18)8-16-14(3,4)5/h6-7,16H,8H2,1-5H3,(H,17,18). The van der Waals surface area contributed by atoms with Crippen molar-refractivity contribution >= 4 is 27.5 Å². The molecule has 0 saturated heterocycles. The Morgan fingerprint density at radius 2 is 1.89 bits per heavy atom. The van der Waals surface area contributed by atoms with Crippen molar-refractivity contribution in [1.29, 1.82) is 0 Å². The third kappa shape index (κ3) is 4.78. The molecule has 1 amide bonds. The highest BCUT2D eigenvalue weighted by atomic mass is 79.9. The van der Waals surface area contributed by atoms with Crippen LogP contribution in [0, 0.1) is 13.8 Å². The molecule has 0 fully saturated rings. The molecule has 100 valence electrons. The molecule has 2 N–H and O–H groups in total. The zero-order valence-electron chi connectivity index (χ0n) is 11.6. The highest BCUT2D eigenvalue weighted by molar-refractivity contribution is 9.10. The van der Waals surface area contributed by atoms with Crippen LogP contribution >= 0.6 is 15.9 Å². The van der Waals surface area contributed by atoms with Gasteiger partial charge in [-0.1, -0.05) is 6.07 Å². The Labute approximate surface area is 117 Å². The summed E-state index contributed by atoms with van der Waals surface area (Å²) in [6, 6.07) is 4.05. The molecule has 1 aromatic carbocycles. The van der Waals surface area contributed by atoms with Crippen LogP contribution in [0.25, 0.3) is 0 Å². The van der Waals surface area contributed by atoms with Crippen LogP contribution in [0.5, 0.6) is 0 Å². The number of carbonyl (C=O) groups excluding carboxylic acids is 1. The van der Waals surface area contributed by atoms with Crippen LogP contribution < -0.4 is 10.6 Å². The molecular weight excluding hydrogens is 292 g/mol. The van der Waals surface area contributed by atoms with Crippen LogP contribution in [0.4, 0.5) is 5.69 Å². The summed E-state index contributed by atoms with van der Waals surface area (Å²) in [5.41, 5.74) is 3.02. The van der Waals surface area contributed by atoms with E-state index < -0.39 is 0 Å². The Balaban J connectivity index is 2.71. The highest BCUT2D eigenvalue weighted by Crippen LogP contribution is 2.27. The molecule has 0 saturated carbocycles. The molecule has 4 heteroatoms. The van der Waals surface area contributed by atoms with Crippen LogP contribution in [0.15, 0.2) is 16.6 Å². The smallest absolute Gasteiger partial charge is 0.238 e. The number of carbonyl (C=O) groups is 1. The van der Waals surface area contributed by atoms with Gasteiger partial charge < -0.3 is 10.6 Å². The van der Waals surface area contributed by atoms with Gasteiger partial charge in [-0.2, -0.15) is 0 Å². The van der Waals surface area contributed by atoms with Gasteiger partial charge in [-0.3, -0.25) is 4.79 Å². The second kappa shape index (κ2) is 5.85. The fourth-order valence-electron chi connectivity index (χ4n) is 1.60. The maximum atomic E-state index is 11.9. The van der Waals surface area contributed by atoms with Crippen LogP contribution in [0.3, 0.4) is 0 Å². The van der Waals surface area contributed by atoms with E-state index in [0.717, 1.165) is 15.7 Å². The van der Waals surface area contributed by atoms with Crippen LogP contribution in [0.1, 0.15) is 31.9 Å². The number of rotatable bonds is 3. The Bertz CT molecular complexity index is 427. The van der Waals surface area contributed by atoms with Crippen LogP contribution in [0.2, 0.25) is 0 Å². The van der Waals surface area contributed by atoms with Crippen LogP contribution in [-0.4, -0.2) is 18.0 Å². The molecule has 0 aromatic heterocycles. The van der Waals surface area contributed by atoms with Gasteiger partial charge in [-0.15, -0.1) is 0 Å². The highest BCUT2D eigenvalue weighted by Gasteiger charge is 2.13. The van der Waals surface area contributed by atoms with Crippen LogP contribution in [-0.2, 0) is 4.79 Å². The summed E-state index contributed by atoms with van der Waals surface area (Å²) in [6.07, 6.45) is 0. The summed E-state index contributed by atoms with van der Waals surface area (Å²) in [5.74, 6) is -0.0300. The van der Waals surface area contributed by atoms with E-state index in [0.29, 0.717) is 6.54 Å². The predicted molar refractivity (Wildman–Crippen MR) is 80.0 cm³/mol. The average molecular weight is 313 g/mol. The number of hydrogen-bond donors (Lipinski definition) is 2. The van der Waals surface area contributed by atoms with Gasteiger partial charge in [0.25, 0.3) is 0 Å². The zero-order valence-corrected chi connectivity index (χ0v) is 13.2. The number of benzene rings is 1. The summed E-state index contributed by atoms with van der Waals surface area (Å²) in [6.45, 7) is 10.4. The van der Waals surface area contributed by atoms with Gasteiger partial charge in [0.2, 0.25) is 5.91 Å². The molecule has 0 aliphatic carbocycles. The number of aryl methyl sites for hydroxylation is 2. The monoisotopic (exact) mass is 312 g/mol. The minimum absolute atomic E-state index is 0.0300. The average Bonchev–Trinajstić information content (AvgIpc) is 2.19. The lowest BCUT2D eigenvalue weighted by molar-refractivity contribution is -0.115. The van der Waals surface area contributed by atoms with Gasteiger partial charge in [-0.05, 0) is 67.7 Å². The van der Waals surface area contributed by atoms with Gasteiger partial charge in [0.1, 0.15) is 0 Å². The molecule has 18 heavy (non-hydrogen) atoms. The molecular formula is C14H21BrN2O. The molecule has 0 heterocycles. The Hall–Kier alpha value is -0.870. The topological polar surface area (TPSA) is 41.1 Å². The van der Waals surface area contributed by atoms with Gasteiger partial charge in [0, 0.05) is 10.0 Å². The Morgan fingerprint density at radius 1 is 1.28 bits per heavy atom. The number of nitrogens with one attached hydrogen (secondary N) is 2. The van der Waals surface area contributed by atoms with Crippen molar-refractivity contribution in [3.05, 3.63) is 27.7 Å². The summed E-state index contributed by atoms with van der Waals surface area (Å²) in [4.78, 5) is 11.9. The molecule has 0 aliphatic heterocycles. The molecule has 0 bridgehead atoms. The zero-order chi connectivity index (χ0) is 13.9. The van der Waals surface area contributed by atoms with E-state index in [-0.39, 0.29) is 11.4 Å². The SMILES string of the molecule is Cc1cc(C)c(NC(=O)CNC(C)(C)C)c(Br)c1. The summed E-state index contributed by atoms with van der Waals surface area (Å²) >= 11 is 3.48. The molecule has 3 nitrogen and oxygen atoms in total. The molecule has 1 rings (SSSR count). The number of amides is 1. The van der Waals surface area contributed by atoms with Crippen molar-refractivity contribution in [3.63, 3.8) is 0 Å². The number of anilines is 1. The van der Waals surface area contributed by atoms with E-state index in [2.05, 4.69) is 32.6 Å². The van der Waals surface area contributed by atoms with Gasteiger partial charge in [-0.25, -0.2) is 0 Å². The maximum Gasteiger partial charge on any atom is 0.238 e. The number of hydrogen-bond acceptors (Lipinski definition) is 2. The second-order valence-electron chi connectivity index (χ2n) is 5.59. The van der Waals surface area contributed by atoms with E-state index in [4.69, 9.17) is 0 Å². The minimum atomic E-state index is -0.0586. The van der Waals surface area contributed by atoms with Crippen molar-refractivity contribution in [3.8, 4) is 0 Å². The Kier molecular flexibility index (Phi) is 4.93.